The number of hydroxylamine groups is 1. The molecule has 0 aliphatic carbocycles. The Morgan fingerprint density at radius 1 is 1.00 bits per heavy atom. The number of hydrogen-bond donors (Lipinski definition) is 3. The Bertz CT molecular complexity index is 1270. The minimum absolute atomic E-state index is 0.0199. The van der Waals surface area contributed by atoms with Crippen LogP contribution in [0.25, 0.3) is 10.8 Å². The second kappa shape index (κ2) is 10.0. The summed E-state index contributed by atoms with van der Waals surface area (Å²) < 4.78 is 14.6. The van der Waals surface area contributed by atoms with E-state index in [2.05, 4.69) is 15.6 Å². The van der Waals surface area contributed by atoms with Crippen LogP contribution in [0, 0.1) is 5.82 Å². The highest BCUT2D eigenvalue weighted by Crippen LogP contribution is 2.22. The Morgan fingerprint density at radius 2 is 1.76 bits per heavy atom. The van der Waals surface area contributed by atoms with Crippen LogP contribution < -0.4 is 10.8 Å². The topological polar surface area (TPSA) is 109 Å². The molecule has 1 unspecified atom stereocenters. The number of halogens is 1. The molecule has 0 bridgehead atoms. The monoisotopic (exact) mass is 447 g/mol. The molecule has 3 N–H and O–H groups in total. The molecule has 0 radical (unpaired) electrons. The fraction of sp³-hybridized carbons (Fsp3) is 0.167. The molecular weight excluding hydrogens is 425 g/mol. The molecule has 1 heterocycles. The van der Waals surface area contributed by atoms with E-state index >= 15 is 0 Å². The molecule has 0 spiro atoms. The molecule has 0 fully saturated rings. The Kier molecular flexibility index (Phi) is 6.70. The van der Waals surface area contributed by atoms with E-state index in [1.807, 2.05) is 42.5 Å². The van der Waals surface area contributed by atoms with Crippen molar-refractivity contribution in [1.29, 1.82) is 0 Å². The van der Waals surface area contributed by atoms with Crippen molar-refractivity contribution < 1.29 is 19.2 Å². The highest BCUT2D eigenvalue weighted by atomic mass is 19.1. The number of nitrogens with zero attached hydrogens (tertiary/aromatic N) is 3. The molecular formula is C24H22FN5O3. The molecule has 2 amide bonds. The van der Waals surface area contributed by atoms with Crippen molar-refractivity contribution in [2.45, 2.75) is 25.3 Å². The van der Waals surface area contributed by atoms with Gasteiger partial charge in [-0.25, -0.2) is 14.6 Å². The minimum Gasteiger partial charge on any atom is -0.326 e. The minimum atomic E-state index is -0.549. The van der Waals surface area contributed by atoms with Crippen molar-refractivity contribution in [2.75, 3.05) is 5.32 Å². The summed E-state index contributed by atoms with van der Waals surface area (Å²) in [5, 5.41) is 22.0. The third-order valence-corrected chi connectivity index (χ3v) is 5.23. The van der Waals surface area contributed by atoms with Gasteiger partial charge in [-0.3, -0.25) is 14.8 Å². The first-order valence-corrected chi connectivity index (χ1v) is 10.4. The number of aromatic nitrogens is 3. The average molecular weight is 447 g/mol. The van der Waals surface area contributed by atoms with Crippen molar-refractivity contribution in [2.24, 2.45) is 0 Å². The maximum atomic E-state index is 13.0. The van der Waals surface area contributed by atoms with Gasteiger partial charge < -0.3 is 5.32 Å². The van der Waals surface area contributed by atoms with Crippen LogP contribution in [0.4, 0.5) is 10.1 Å². The number of anilines is 1. The van der Waals surface area contributed by atoms with Crippen molar-refractivity contribution >= 4 is 28.3 Å². The van der Waals surface area contributed by atoms with Gasteiger partial charge in [0.2, 0.25) is 11.8 Å². The molecule has 0 aliphatic rings. The third-order valence-electron chi connectivity index (χ3n) is 5.23. The van der Waals surface area contributed by atoms with Gasteiger partial charge in [0, 0.05) is 11.9 Å². The highest BCUT2D eigenvalue weighted by molar-refractivity contribution is 5.91. The molecule has 0 saturated carbocycles. The van der Waals surface area contributed by atoms with Gasteiger partial charge in [0.05, 0.1) is 24.6 Å². The Balaban J connectivity index is 1.48. The van der Waals surface area contributed by atoms with Crippen molar-refractivity contribution in [1.82, 2.24) is 20.5 Å². The highest BCUT2D eigenvalue weighted by Gasteiger charge is 2.19. The van der Waals surface area contributed by atoms with E-state index in [1.165, 1.54) is 28.9 Å². The zero-order valence-electron chi connectivity index (χ0n) is 17.6. The molecule has 0 saturated heterocycles. The fourth-order valence-electron chi connectivity index (χ4n) is 3.63. The van der Waals surface area contributed by atoms with Gasteiger partial charge in [-0.15, -0.1) is 5.10 Å². The van der Waals surface area contributed by atoms with E-state index < -0.39 is 11.9 Å². The maximum absolute atomic E-state index is 13.0. The molecule has 8 nitrogen and oxygen atoms in total. The Hall–Kier alpha value is -4.11. The quantitative estimate of drug-likeness (QED) is 0.283. The van der Waals surface area contributed by atoms with Crippen LogP contribution in [0.3, 0.4) is 0 Å². The van der Waals surface area contributed by atoms with Crippen LogP contribution >= 0.6 is 0 Å². The van der Waals surface area contributed by atoms with E-state index in [-0.39, 0.29) is 24.6 Å². The van der Waals surface area contributed by atoms with Gasteiger partial charge in [0.15, 0.2) is 0 Å². The van der Waals surface area contributed by atoms with E-state index in [9.17, 15) is 14.0 Å². The van der Waals surface area contributed by atoms with Gasteiger partial charge in [0.25, 0.3) is 0 Å². The van der Waals surface area contributed by atoms with Crippen LogP contribution in [0.15, 0.2) is 72.9 Å². The predicted octanol–water partition coefficient (Wildman–Crippen LogP) is 3.43. The molecule has 1 aromatic heterocycles. The van der Waals surface area contributed by atoms with Crippen LogP contribution in [0.1, 0.15) is 23.7 Å². The SMILES string of the molecule is O=C(CC(Cc1ccc2ccccc2c1)n1cc(CC(=O)Nc2ccc(F)cc2)nn1)NO. The van der Waals surface area contributed by atoms with Gasteiger partial charge in [-0.1, -0.05) is 47.7 Å². The second-order valence-corrected chi connectivity index (χ2v) is 7.70. The number of benzene rings is 3. The smallest absolute Gasteiger partial charge is 0.245 e. The average Bonchev–Trinajstić information content (AvgIpc) is 3.28. The first kappa shape index (κ1) is 22.1. The number of fused-ring (bicyclic) bond motifs is 1. The first-order valence-electron chi connectivity index (χ1n) is 10.4. The number of nitrogens with one attached hydrogen (secondary N) is 2. The zero-order valence-corrected chi connectivity index (χ0v) is 17.6. The van der Waals surface area contributed by atoms with Crippen LogP contribution in [0.2, 0.25) is 0 Å². The summed E-state index contributed by atoms with van der Waals surface area (Å²) in [4.78, 5) is 24.2. The van der Waals surface area contributed by atoms with Gasteiger partial charge in [-0.2, -0.15) is 0 Å². The summed E-state index contributed by atoms with van der Waals surface area (Å²) in [5.41, 5.74) is 3.55. The van der Waals surface area contributed by atoms with Gasteiger partial charge >= 0.3 is 0 Å². The van der Waals surface area contributed by atoms with E-state index in [0.29, 0.717) is 17.8 Å². The number of carbonyl (C=O) groups is 2. The fourth-order valence-corrected chi connectivity index (χ4v) is 3.63. The maximum Gasteiger partial charge on any atom is 0.245 e. The third kappa shape index (κ3) is 5.78. The van der Waals surface area contributed by atoms with E-state index in [0.717, 1.165) is 16.3 Å². The summed E-state index contributed by atoms with van der Waals surface area (Å²) >= 11 is 0. The lowest BCUT2D eigenvalue weighted by molar-refractivity contribution is -0.130. The number of rotatable bonds is 8. The lowest BCUT2D eigenvalue weighted by Gasteiger charge is -2.16. The molecule has 0 aliphatic heterocycles. The molecule has 4 aromatic rings. The summed E-state index contributed by atoms with van der Waals surface area (Å²) in [6, 6.07) is 19.1. The molecule has 9 heteroatoms. The Labute approximate surface area is 189 Å². The zero-order chi connectivity index (χ0) is 23.2. The second-order valence-electron chi connectivity index (χ2n) is 7.70. The number of amides is 2. The van der Waals surface area contributed by atoms with Gasteiger partial charge in [0.1, 0.15) is 5.82 Å². The van der Waals surface area contributed by atoms with Gasteiger partial charge in [-0.05, 0) is 47.0 Å². The van der Waals surface area contributed by atoms with Crippen LogP contribution in [-0.4, -0.2) is 32.0 Å². The van der Waals surface area contributed by atoms with E-state index in [4.69, 9.17) is 5.21 Å². The summed E-state index contributed by atoms with van der Waals surface area (Å²) in [5.74, 6) is -1.26. The Morgan fingerprint density at radius 3 is 2.52 bits per heavy atom. The molecule has 168 valence electrons. The van der Waals surface area contributed by atoms with Crippen molar-refractivity contribution in [3.8, 4) is 0 Å². The van der Waals surface area contributed by atoms with Crippen LogP contribution in [-0.2, 0) is 22.4 Å². The van der Waals surface area contributed by atoms with Crippen molar-refractivity contribution in [3.05, 3.63) is 90.0 Å². The first-order chi connectivity index (χ1) is 16.0. The molecule has 33 heavy (non-hydrogen) atoms. The lowest BCUT2D eigenvalue weighted by Crippen LogP contribution is -2.25. The predicted molar refractivity (Wildman–Crippen MR) is 120 cm³/mol. The summed E-state index contributed by atoms with van der Waals surface area (Å²) in [6.45, 7) is 0. The molecule has 3 aromatic carbocycles. The lowest BCUT2D eigenvalue weighted by atomic mass is 10.00. The largest absolute Gasteiger partial charge is 0.326 e. The summed E-state index contributed by atoms with van der Waals surface area (Å²) in [7, 11) is 0. The molecule has 1 atom stereocenters. The number of carbonyl (C=O) groups excluding carboxylic acids is 2. The normalized spacial score (nSPS) is 11.8. The van der Waals surface area contributed by atoms with Crippen LogP contribution in [0.5, 0.6) is 0 Å². The van der Waals surface area contributed by atoms with Crippen molar-refractivity contribution in [3.63, 3.8) is 0 Å². The number of hydrogen-bond acceptors (Lipinski definition) is 5. The molecule has 4 rings (SSSR count). The van der Waals surface area contributed by atoms with E-state index in [1.54, 1.807) is 11.7 Å². The summed E-state index contributed by atoms with van der Waals surface area (Å²) in [6.07, 6.45) is 2.03. The standard InChI is InChI=1S/C24H22FN5O3/c25-19-7-9-20(10-8-19)26-23(31)13-21-15-30(29-27-21)22(14-24(32)28-33)12-16-5-6-17-3-1-2-4-18(17)11-16/h1-11,15,22,33H,12-14H2,(H,26,31)(H,28,32).